The third kappa shape index (κ3) is 4.39. The summed E-state index contributed by atoms with van der Waals surface area (Å²) in [6, 6.07) is 11.8. The summed E-state index contributed by atoms with van der Waals surface area (Å²) in [5.74, 6) is 0.104. The van der Waals surface area contributed by atoms with Crippen LogP contribution < -0.4 is 14.5 Å². The van der Waals surface area contributed by atoms with Crippen molar-refractivity contribution >= 4 is 21.4 Å². The minimum atomic E-state index is -3.62. The van der Waals surface area contributed by atoms with Crippen LogP contribution in [0.25, 0.3) is 0 Å². The van der Waals surface area contributed by atoms with Gasteiger partial charge in [-0.15, -0.1) is 0 Å². The van der Waals surface area contributed by atoms with Crippen LogP contribution in [0.5, 0.6) is 5.75 Å². The summed E-state index contributed by atoms with van der Waals surface area (Å²) < 4.78 is 62.4. The second kappa shape index (κ2) is 9.21. The second-order valence-corrected chi connectivity index (χ2v) is 9.67. The number of benzene rings is 2. The maximum atomic E-state index is 13.2. The second-order valence-electron chi connectivity index (χ2n) is 7.74. The van der Waals surface area contributed by atoms with Crippen molar-refractivity contribution < 1.29 is 26.7 Å². The van der Waals surface area contributed by atoms with E-state index in [-0.39, 0.29) is 16.8 Å². The lowest BCUT2D eigenvalue weighted by Gasteiger charge is -2.29. The molecule has 0 aromatic heterocycles. The lowest BCUT2D eigenvalue weighted by atomic mass is 10.2. The van der Waals surface area contributed by atoms with Crippen LogP contribution in [0.1, 0.15) is 19.4 Å². The van der Waals surface area contributed by atoms with Gasteiger partial charge in [0.15, 0.2) is 0 Å². The molecule has 1 saturated heterocycles. The monoisotopic (exact) mass is 467 g/mol. The minimum absolute atomic E-state index is 0.00771. The molecule has 2 aromatic rings. The van der Waals surface area contributed by atoms with Crippen LogP contribution in [-0.2, 0) is 21.3 Å². The van der Waals surface area contributed by atoms with Gasteiger partial charge in [-0.3, -0.25) is 0 Å². The van der Waals surface area contributed by atoms with Gasteiger partial charge in [0.1, 0.15) is 5.75 Å². The molecule has 0 N–H and O–H groups in total. The SMILES string of the molecule is CCN1c2ccc(S(=O)(=O)N3CCOCC3)cc2N(Cc2ccc(OC(F)F)cc2)C1C. The molecule has 2 aliphatic rings. The molecule has 0 bridgehead atoms. The normalized spacial score (nSPS) is 19.5. The Morgan fingerprint density at radius 2 is 1.75 bits per heavy atom. The highest BCUT2D eigenvalue weighted by Crippen LogP contribution is 2.42. The summed E-state index contributed by atoms with van der Waals surface area (Å²) in [7, 11) is -3.62. The average Bonchev–Trinajstić information content (AvgIpc) is 3.05. The Balaban J connectivity index is 1.63. The first-order valence-corrected chi connectivity index (χ1v) is 12.0. The van der Waals surface area contributed by atoms with E-state index in [2.05, 4.69) is 28.4 Å². The van der Waals surface area contributed by atoms with Gasteiger partial charge in [0.05, 0.1) is 35.6 Å². The Morgan fingerprint density at radius 3 is 2.38 bits per heavy atom. The fourth-order valence-electron chi connectivity index (χ4n) is 4.27. The molecule has 1 atom stereocenters. The molecular weight excluding hydrogens is 440 g/mol. The van der Waals surface area contributed by atoms with Gasteiger partial charge in [0.25, 0.3) is 0 Å². The van der Waals surface area contributed by atoms with Crippen molar-refractivity contribution in [3.05, 3.63) is 48.0 Å². The predicted molar refractivity (Wildman–Crippen MR) is 118 cm³/mol. The van der Waals surface area contributed by atoms with Crippen molar-refractivity contribution in [2.24, 2.45) is 0 Å². The van der Waals surface area contributed by atoms with E-state index in [1.54, 1.807) is 24.3 Å². The van der Waals surface area contributed by atoms with Gasteiger partial charge in [0.2, 0.25) is 10.0 Å². The molecule has 174 valence electrons. The molecule has 0 amide bonds. The number of nitrogens with zero attached hydrogens (tertiary/aromatic N) is 3. The van der Waals surface area contributed by atoms with Crippen molar-refractivity contribution in [2.75, 3.05) is 42.6 Å². The number of morpholine rings is 1. The van der Waals surface area contributed by atoms with E-state index in [4.69, 9.17) is 4.74 Å². The zero-order valence-corrected chi connectivity index (χ0v) is 18.9. The van der Waals surface area contributed by atoms with Crippen LogP contribution in [0, 0.1) is 0 Å². The fraction of sp³-hybridized carbons (Fsp3) is 0.455. The topological polar surface area (TPSA) is 62.3 Å². The quantitative estimate of drug-likeness (QED) is 0.621. The molecule has 0 saturated carbocycles. The van der Waals surface area contributed by atoms with Crippen molar-refractivity contribution in [1.82, 2.24) is 4.31 Å². The molecule has 32 heavy (non-hydrogen) atoms. The Labute approximate surface area is 187 Å². The largest absolute Gasteiger partial charge is 0.435 e. The number of hydrogen-bond donors (Lipinski definition) is 0. The molecule has 10 heteroatoms. The lowest BCUT2D eigenvalue weighted by Crippen LogP contribution is -2.40. The number of hydrogen-bond acceptors (Lipinski definition) is 6. The van der Waals surface area contributed by atoms with E-state index in [0.717, 1.165) is 23.5 Å². The minimum Gasteiger partial charge on any atom is -0.435 e. The van der Waals surface area contributed by atoms with Gasteiger partial charge in [0, 0.05) is 26.2 Å². The Kier molecular flexibility index (Phi) is 6.55. The van der Waals surface area contributed by atoms with E-state index in [1.165, 1.54) is 16.4 Å². The number of alkyl halides is 2. The number of sulfonamides is 1. The van der Waals surface area contributed by atoms with Crippen molar-refractivity contribution in [2.45, 2.75) is 38.1 Å². The van der Waals surface area contributed by atoms with Crippen LogP contribution >= 0.6 is 0 Å². The zero-order valence-electron chi connectivity index (χ0n) is 18.1. The van der Waals surface area contributed by atoms with Crippen molar-refractivity contribution in [1.29, 1.82) is 0 Å². The molecule has 7 nitrogen and oxygen atoms in total. The molecular formula is C22H27F2N3O4S. The maximum Gasteiger partial charge on any atom is 0.387 e. The molecule has 1 unspecified atom stereocenters. The molecule has 2 heterocycles. The van der Waals surface area contributed by atoms with Crippen LogP contribution in [-0.4, -0.2) is 58.3 Å². The fourth-order valence-corrected chi connectivity index (χ4v) is 5.70. The van der Waals surface area contributed by atoms with Crippen LogP contribution in [0.15, 0.2) is 47.4 Å². The molecule has 0 spiro atoms. The van der Waals surface area contributed by atoms with Crippen LogP contribution in [0.2, 0.25) is 0 Å². The number of fused-ring (bicyclic) bond motifs is 1. The smallest absolute Gasteiger partial charge is 0.387 e. The summed E-state index contributed by atoms with van der Waals surface area (Å²) in [6.45, 7) is 3.98. The number of anilines is 2. The molecule has 2 aromatic carbocycles. The first-order valence-electron chi connectivity index (χ1n) is 10.6. The third-order valence-electron chi connectivity index (χ3n) is 5.92. The van der Waals surface area contributed by atoms with Crippen LogP contribution in [0.4, 0.5) is 20.2 Å². The number of ether oxygens (including phenoxy) is 2. The predicted octanol–water partition coefficient (Wildman–Crippen LogP) is 3.50. The highest BCUT2D eigenvalue weighted by Gasteiger charge is 2.34. The third-order valence-corrected chi connectivity index (χ3v) is 7.81. The highest BCUT2D eigenvalue weighted by molar-refractivity contribution is 7.89. The average molecular weight is 468 g/mol. The van der Waals surface area contributed by atoms with Gasteiger partial charge >= 0.3 is 6.61 Å². The van der Waals surface area contributed by atoms with Gasteiger partial charge < -0.3 is 19.3 Å². The van der Waals surface area contributed by atoms with Gasteiger partial charge in [-0.2, -0.15) is 13.1 Å². The van der Waals surface area contributed by atoms with Gasteiger partial charge in [-0.25, -0.2) is 8.42 Å². The van der Waals surface area contributed by atoms with Gasteiger partial charge in [-0.05, 0) is 49.7 Å². The van der Waals surface area contributed by atoms with E-state index in [1.807, 2.05) is 6.07 Å². The maximum absolute atomic E-state index is 13.2. The Hall–Kier alpha value is -2.43. The first-order chi connectivity index (χ1) is 15.3. The zero-order chi connectivity index (χ0) is 22.9. The molecule has 2 aliphatic heterocycles. The molecule has 1 fully saturated rings. The molecule has 0 aliphatic carbocycles. The Morgan fingerprint density at radius 1 is 1.06 bits per heavy atom. The molecule has 0 radical (unpaired) electrons. The van der Waals surface area contributed by atoms with E-state index < -0.39 is 16.6 Å². The number of halogens is 2. The van der Waals surface area contributed by atoms with Gasteiger partial charge in [-0.1, -0.05) is 12.1 Å². The van der Waals surface area contributed by atoms with E-state index >= 15 is 0 Å². The molecule has 4 rings (SSSR count). The number of rotatable bonds is 7. The standard InChI is InChI=1S/C22H27F2N3O4S/c1-3-26-16(2)27(15-17-4-6-18(7-5-17)31-22(23)24)21-14-19(8-9-20(21)26)32(28,29)25-10-12-30-13-11-25/h4-9,14,16,22H,3,10-13,15H2,1-2H3. The van der Waals surface area contributed by atoms with Crippen molar-refractivity contribution in [3.63, 3.8) is 0 Å². The Bertz CT molecular complexity index is 1040. The van der Waals surface area contributed by atoms with E-state index in [9.17, 15) is 17.2 Å². The van der Waals surface area contributed by atoms with Crippen LogP contribution in [0.3, 0.4) is 0 Å². The summed E-state index contributed by atoms with van der Waals surface area (Å²) >= 11 is 0. The van der Waals surface area contributed by atoms with E-state index in [0.29, 0.717) is 32.8 Å². The lowest BCUT2D eigenvalue weighted by molar-refractivity contribution is -0.0498. The summed E-state index contributed by atoms with van der Waals surface area (Å²) in [6.07, 6.45) is 0.00771. The summed E-state index contributed by atoms with van der Waals surface area (Å²) in [5, 5.41) is 0. The summed E-state index contributed by atoms with van der Waals surface area (Å²) in [5.41, 5.74) is 2.71. The summed E-state index contributed by atoms with van der Waals surface area (Å²) in [4.78, 5) is 4.59. The van der Waals surface area contributed by atoms with Crippen molar-refractivity contribution in [3.8, 4) is 5.75 Å². The first kappa shape index (κ1) is 22.8. The highest BCUT2D eigenvalue weighted by atomic mass is 32.2.